The molecule has 0 saturated carbocycles. The Labute approximate surface area is 122 Å². The minimum absolute atomic E-state index is 0.223. The summed E-state index contributed by atoms with van der Waals surface area (Å²) >= 11 is 6.02. The Balaban J connectivity index is 2.17. The van der Waals surface area contributed by atoms with Crippen molar-refractivity contribution in [2.75, 3.05) is 5.32 Å². The largest absolute Gasteiger partial charge is 0.321 e. The molecule has 0 aliphatic rings. The van der Waals surface area contributed by atoms with Gasteiger partial charge in [0.2, 0.25) is 0 Å². The maximum Gasteiger partial charge on any atom is 0.255 e. The van der Waals surface area contributed by atoms with E-state index in [1.165, 1.54) is 11.6 Å². The number of nitriles is 1. The molecule has 0 spiro atoms. The second kappa shape index (κ2) is 6.23. The molecule has 0 aromatic heterocycles. The minimum atomic E-state index is -0.223. The van der Waals surface area contributed by atoms with Crippen LogP contribution in [0.3, 0.4) is 0 Å². The maximum absolute atomic E-state index is 12.1. The molecule has 4 heteroatoms. The predicted molar refractivity (Wildman–Crippen MR) is 79.9 cm³/mol. The standard InChI is InChI=1S/C16H13ClN2O/c1-2-11-3-6-13(7-4-11)16(20)19-15-8-5-12(10-18)9-14(15)17/h3-9H,2H2,1H3,(H,19,20). The second-order valence-electron chi connectivity index (χ2n) is 4.31. The van der Waals surface area contributed by atoms with Crippen LogP contribution in [0.25, 0.3) is 0 Å². The summed E-state index contributed by atoms with van der Waals surface area (Å²) in [5.74, 6) is -0.223. The van der Waals surface area contributed by atoms with Gasteiger partial charge < -0.3 is 5.32 Å². The van der Waals surface area contributed by atoms with E-state index in [0.717, 1.165) is 6.42 Å². The Morgan fingerprint density at radius 3 is 2.50 bits per heavy atom. The molecule has 2 rings (SSSR count). The molecule has 100 valence electrons. The first-order chi connectivity index (χ1) is 9.63. The molecule has 3 nitrogen and oxygen atoms in total. The summed E-state index contributed by atoms with van der Waals surface area (Å²) in [5, 5.41) is 11.9. The molecule has 0 unspecified atom stereocenters. The first-order valence-electron chi connectivity index (χ1n) is 6.24. The van der Waals surface area contributed by atoms with Crippen molar-refractivity contribution in [3.05, 3.63) is 64.2 Å². The van der Waals surface area contributed by atoms with E-state index in [9.17, 15) is 4.79 Å². The van der Waals surface area contributed by atoms with E-state index in [1.807, 2.05) is 18.2 Å². The van der Waals surface area contributed by atoms with Crippen LogP contribution in [-0.2, 0) is 6.42 Å². The number of aryl methyl sites for hydroxylation is 1. The molecule has 0 atom stereocenters. The summed E-state index contributed by atoms with van der Waals surface area (Å²) < 4.78 is 0. The smallest absolute Gasteiger partial charge is 0.255 e. The Kier molecular flexibility index (Phi) is 4.39. The van der Waals surface area contributed by atoms with Crippen LogP contribution in [-0.4, -0.2) is 5.91 Å². The van der Waals surface area contributed by atoms with Gasteiger partial charge in [0.15, 0.2) is 0 Å². The number of nitrogens with zero attached hydrogens (tertiary/aromatic N) is 1. The number of hydrogen-bond donors (Lipinski definition) is 1. The molecular formula is C16H13ClN2O. The maximum atomic E-state index is 12.1. The molecule has 2 aromatic carbocycles. The van der Waals surface area contributed by atoms with Gasteiger partial charge in [-0.25, -0.2) is 0 Å². The van der Waals surface area contributed by atoms with Crippen molar-refractivity contribution in [2.24, 2.45) is 0 Å². The number of anilines is 1. The van der Waals surface area contributed by atoms with Crippen molar-refractivity contribution >= 4 is 23.2 Å². The number of hydrogen-bond acceptors (Lipinski definition) is 2. The zero-order valence-electron chi connectivity index (χ0n) is 11.0. The van der Waals surface area contributed by atoms with Crippen LogP contribution in [0.5, 0.6) is 0 Å². The third-order valence-corrected chi connectivity index (χ3v) is 3.28. The van der Waals surface area contributed by atoms with Gasteiger partial charge in [-0.05, 0) is 42.3 Å². The number of amides is 1. The van der Waals surface area contributed by atoms with Crippen LogP contribution in [0.1, 0.15) is 28.4 Å². The highest BCUT2D eigenvalue weighted by molar-refractivity contribution is 6.34. The summed E-state index contributed by atoms with van der Waals surface area (Å²) in [6.07, 6.45) is 0.934. The van der Waals surface area contributed by atoms with E-state index < -0.39 is 0 Å². The lowest BCUT2D eigenvalue weighted by Crippen LogP contribution is -2.12. The summed E-state index contributed by atoms with van der Waals surface area (Å²) in [7, 11) is 0. The molecule has 0 aliphatic heterocycles. The van der Waals surface area contributed by atoms with E-state index in [2.05, 4.69) is 12.2 Å². The number of halogens is 1. The van der Waals surface area contributed by atoms with Crippen molar-refractivity contribution in [2.45, 2.75) is 13.3 Å². The van der Waals surface area contributed by atoms with Crippen LogP contribution in [0.15, 0.2) is 42.5 Å². The van der Waals surface area contributed by atoms with E-state index >= 15 is 0 Å². The van der Waals surface area contributed by atoms with Crippen LogP contribution in [0.4, 0.5) is 5.69 Å². The van der Waals surface area contributed by atoms with Gasteiger partial charge in [0.05, 0.1) is 22.3 Å². The summed E-state index contributed by atoms with van der Waals surface area (Å²) in [6.45, 7) is 2.06. The van der Waals surface area contributed by atoms with Crippen LogP contribution in [0.2, 0.25) is 5.02 Å². The number of benzene rings is 2. The van der Waals surface area contributed by atoms with Gasteiger partial charge in [-0.2, -0.15) is 5.26 Å². The highest BCUT2D eigenvalue weighted by atomic mass is 35.5. The van der Waals surface area contributed by atoms with Gasteiger partial charge in [0, 0.05) is 5.56 Å². The minimum Gasteiger partial charge on any atom is -0.321 e. The Morgan fingerprint density at radius 2 is 1.95 bits per heavy atom. The van der Waals surface area contributed by atoms with Crippen molar-refractivity contribution in [1.29, 1.82) is 5.26 Å². The fourth-order valence-electron chi connectivity index (χ4n) is 1.77. The normalized spacial score (nSPS) is 9.85. The quantitative estimate of drug-likeness (QED) is 0.925. The van der Waals surface area contributed by atoms with Gasteiger partial charge in [0.1, 0.15) is 0 Å². The molecule has 2 aromatic rings. The first kappa shape index (κ1) is 14.1. The van der Waals surface area contributed by atoms with E-state index in [4.69, 9.17) is 16.9 Å². The van der Waals surface area contributed by atoms with E-state index in [-0.39, 0.29) is 5.91 Å². The summed E-state index contributed by atoms with van der Waals surface area (Å²) in [6, 6.07) is 14.2. The molecule has 20 heavy (non-hydrogen) atoms. The molecule has 0 heterocycles. The van der Waals surface area contributed by atoms with E-state index in [0.29, 0.717) is 21.8 Å². The molecule has 0 aliphatic carbocycles. The highest BCUT2D eigenvalue weighted by Crippen LogP contribution is 2.23. The SMILES string of the molecule is CCc1ccc(C(=O)Nc2ccc(C#N)cc2Cl)cc1. The van der Waals surface area contributed by atoms with Gasteiger partial charge in [0.25, 0.3) is 5.91 Å². The molecule has 0 saturated heterocycles. The molecule has 0 bridgehead atoms. The Hall–Kier alpha value is -2.31. The lowest BCUT2D eigenvalue weighted by atomic mass is 10.1. The molecular weight excluding hydrogens is 272 g/mol. The Bertz CT molecular complexity index is 672. The van der Waals surface area contributed by atoms with Gasteiger partial charge in [-0.15, -0.1) is 0 Å². The number of rotatable bonds is 3. The second-order valence-corrected chi connectivity index (χ2v) is 4.72. The van der Waals surface area contributed by atoms with Crippen LogP contribution >= 0.6 is 11.6 Å². The van der Waals surface area contributed by atoms with Gasteiger partial charge in [-0.3, -0.25) is 4.79 Å². The predicted octanol–water partition coefficient (Wildman–Crippen LogP) is 4.03. The monoisotopic (exact) mass is 284 g/mol. The summed E-state index contributed by atoms with van der Waals surface area (Å²) in [4.78, 5) is 12.1. The zero-order valence-corrected chi connectivity index (χ0v) is 11.7. The fourth-order valence-corrected chi connectivity index (χ4v) is 2.00. The van der Waals surface area contributed by atoms with Crippen LogP contribution < -0.4 is 5.32 Å². The van der Waals surface area contributed by atoms with Crippen molar-refractivity contribution in [1.82, 2.24) is 0 Å². The number of carbonyl (C=O) groups excluding carboxylic acids is 1. The van der Waals surface area contributed by atoms with Crippen LogP contribution in [0, 0.1) is 11.3 Å². The van der Waals surface area contributed by atoms with E-state index in [1.54, 1.807) is 24.3 Å². The molecule has 0 fully saturated rings. The first-order valence-corrected chi connectivity index (χ1v) is 6.61. The Morgan fingerprint density at radius 1 is 1.25 bits per heavy atom. The fraction of sp³-hybridized carbons (Fsp3) is 0.125. The lowest BCUT2D eigenvalue weighted by Gasteiger charge is -2.08. The summed E-state index contributed by atoms with van der Waals surface area (Å²) in [5.41, 5.74) is 2.70. The van der Waals surface area contributed by atoms with Gasteiger partial charge >= 0.3 is 0 Å². The number of carbonyl (C=O) groups is 1. The molecule has 1 amide bonds. The lowest BCUT2D eigenvalue weighted by molar-refractivity contribution is 0.102. The van der Waals surface area contributed by atoms with Crippen molar-refractivity contribution in [3.63, 3.8) is 0 Å². The third kappa shape index (κ3) is 3.17. The van der Waals surface area contributed by atoms with Crippen molar-refractivity contribution in [3.8, 4) is 6.07 Å². The molecule has 1 N–H and O–H groups in total. The topological polar surface area (TPSA) is 52.9 Å². The zero-order chi connectivity index (χ0) is 14.5. The molecule has 0 radical (unpaired) electrons. The third-order valence-electron chi connectivity index (χ3n) is 2.97. The average Bonchev–Trinajstić information content (AvgIpc) is 2.49. The van der Waals surface area contributed by atoms with Crippen molar-refractivity contribution < 1.29 is 4.79 Å². The number of nitrogens with one attached hydrogen (secondary N) is 1. The highest BCUT2D eigenvalue weighted by Gasteiger charge is 2.08. The average molecular weight is 285 g/mol. The van der Waals surface area contributed by atoms with Gasteiger partial charge in [-0.1, -0.05) is 30.7 Å².